The minimum Gasteiger partial charge on any atom is -0.459 e. The van der Waals surface area contributed by atoms with E-state index in [4.69, 9.17) is 4.42 Å². The number of nitrogens with one attached hydrogen (secondary N) is 2. The summed E-state index contributed by atoms with van der Waals surface area (Å²) in [6.07, 6.45) is 1.41. The number of piperazine rings is 1. The van der Waals surface area contributed by atoms with Gasteiger partial charge >= 0.3 is 5.91 Å². The van der Waals surface area contributed by atoms with E-state index < -0.39 is 5.91 Å². The first kappa shape index (κ1) is 16.1. The first-order chi connectivity index (χ1) is 11.7. The Balaban J connectivity index is 1.39. The van der Waals surface area contributed by atoms with E-state index in [0.717, 1.165) is 26.2 Å². The van der Waals surface area contributed by atoms with Crippen LogP contribution in [0.4, 0.5) is 5.69 Å². The summed E-state index contributed by atoms with van der Waals surface area (Å²) < 4.78 is 4.95. The fourth-order valence-corrected chi connectivity index (χ4v) is 2.64. The highest BCUT2D eigenvalue weighted by Crippen LogP contribution is 2.15. The summed E-state index contributed by atoms with van der Waals surface area (Å²) in [6.45, 7) is 3.59. The second-order valence-corrected chi connectivity index (χ2v) is 5.58. The smallest absolute Gasteiger partial charge is 0.305 e. The number of furan rings is 1. The predicted molar refractivity (Wildman–Crippen MR) is 89.4 cm³/mol. The molecule has 1 aromatic carbocycles. The molecule has 0 aliphatic carbocycles. The molecule has 0 bridgehead atoms. The van der Waals surface area contributed by atoms with E-state index in [9.17, 15) is 9.59 Å². The largest absolute Gasteiger partial charge is 0.459 e. The Labute approximate surface area is 140 Å². The van der Waals surface area contributed by atoms with Gasteiger partial charge in [-0.05, 0) is 24.3 Å². The zero-order valence-corrected chi connectivity index (χ0v) is 13.3. The molecular weight excluding hydrogens is 308 g/mol. The summed E-state index contributed by atoms with van der Waals surface area (Å²) in [6, 6.07) is 13.4. The van der Waals surface area contributed by atoms with Gasteiger partial charge in [-0.15, -0.1) is 0 Å². The molecule has 2 heterocycles. The number of hydrazine groups is 1. The Morgan fingerprint density at radius 3 is 2.38 bits per heavy atom. The van der Waals surface area contributed by atoms with Crippen LogP contribution >= 0.6 is 0 Å². The number of amides is 2. The Morgan fingerprint density at radius 2 is 1.71 bits per heavy atom. The van der Waals surface area contributed by atoms with Crippen LogP contribution in [0.3, 0.4) is 0 Å². The van der Waals surface area contributed by atoms with Gasteiger partial charge in [-0.25, -0.2) is 0 Å². The van der Waals surface area contributed by atoms with Crippen LogP contribution in [0.2, 0.25) is 0 Å². The van der Waals surface area contributed by atoms with Crippen LogP contribution < -0.4 is 15.8 Å². The van der Waals surface area contributed by atoms with Gasteiger partial charge in [0, 0.05) is 31.9 Å². The van der Waals surface area contributed by atoms with Crippen molar-refractivity contribution in [3.63, 3.8) is 0 Å². The topological polar surface area (TPSA) is 77.8 Å². The van der Waals surface area contributed by atoms with Gasteiger partial charge in [0.15, 0.2) is 5.76 Å². The Kier molecular flexibility index (Phi) is 5.12. The van der Waals surface area contributed by atoms with Gasteiger partial charge in [0.05, 0.1) is 12.8 Å². The highest BCUT2D eigenvalue weighted by Gasteiger charge is 2.19. The molecule has 1 aliphatic rings. The summed E-state index contributed by atoms with van der Waals surface area (Å²) >= 11 is 0. The molecule has 1 aliphatic heterocycles. The number of anilines is 1. The number of nitrogens with zero attached hydrogens (tertiary/aromatic N) is 2. The normalized spacial score (nSPS) is 15.1. The van der Waals surface area contributed by atoms with Gasteiger partial charge in [-0.2, -0.15) is 0 Å². The van der Waals surface area contributed by atoms with Crippen molar-refractivity contribution in [3.05, 3.63) is 54.5 Å². The first-order valence-corrected chi connectivity index (χ1v) is 7.87. The van der Waals surface area contributed by atoms with Gasteiger partial charge in [0.2, 0.25) is 0 Å². The third kappa shape index (κ3) is 4.14. The molecule has 1 aromatic heterocycles. The lowest BCUT2D eigenvalue weighted by Gasteiger charge is -2.35. The molecule has 126 valence electrons. The van der Waals surface area contributed by atoms with Gasteiger partial charge < -0.3 is 9.32 Å². The lowest BCUT2D eigenvalue weighted by molar-refractivity contribution is -0.123. The molecule has 2 aromatic rings. The van der Waals surface area contributed by atoms with Crippen LogP contribution in [-0.2, 0) is 4.79 Å². The van der Waals surface area contributed by atoms with Crippen LogP contribution in [-0.4, -0.2) is 49.4 Å². The number of benzene rings is 1. The molecule has 1 saturated heterocycles. The maximum absolute atomic E-state index is 11.9. The van der Waals surface area contributed by atoms with Gasteiger partial charge in [0.25, 0.3) is 5.91 Å². The van der Waals surface area contributed by atoms with Crippen molar-refractivity contribution >= 4 is 17.5 Å². The lowest BCUT2D eigenvalue weighted by Crippen LogP contribution is -2.51. The highest BCUT2D eigenvalue weighted by molar-refractivity contribution is 5.93. The minimum atomic E-state index is -0.470. The molecule has 0 radical (unpaired) electrons. The van der Waals surface area contributed by atoms with Crippen LogP contribution in [0.15, 0.2) is 53.1 Å². The number of rotatable bonds is 4. The monoisotopic (exact) mass is 328 g/mol. The molecule has 0 unspecified atom stereocenters. The molecule has 2 amide bonds. The molecule has 7 nitrogen and oxygen atoms in total. The van der Waals surface area contributed by atoms with Crippen LogP contribution in [0.25, 0.3) is 0 Å². The van der Waals surface area contributed by atoms with Crippen molar-refractivity contribution in [1.82, 2.24) is 15.8 Å². The SMILES string of the molecule is O=C(CN1CCN(c2ccccc2)CC1)NNC(=O)c1ccco1. The third-order valence-corrected chi connectivity index (χ3v) is 3.92. The van der Waals surface area contributed by atoms with E-state index in [2.05, 4.69) is 32.8 Å². The lowest BCUT2D eigenvalue weighted by atomic mass is 10.2. The molecule has 0 atom stereocenters. The quantitative estimate of drug-likeness (QED) is 0.814. The number of carbonyl (C=O) groups excluding carboxylic acids is 2. The molecule has 0 spiro atoms. The van der Waals surface area contributed by atoms with Gasteiger partial charge in [-0.3, -0.25) is 25.3 Å². The summed E-state index contributed by atoms with van der Waals surface area (Å²) in [7, 11) is 0. The summed E-state index contributed by atoms with van der Waals surface area (Å²) in [5.41, 5.74) is 5.95. The van der Waals surface area contributed by atoms with E-state index >= 15 is 0 Å². The van der Waals surface area contributed by atoms with E-state index in [1.54, 1.807) is 6.07 Å². The second kappa shape index (κ2) is 7.65. The highest BCUT2D eigenvalue weighted by atomic mass is 16.3. The number of hydrogen-bond donors (Lipinski definition) is 2. The number of para-hydroxylation sites is 1. The molecule has 0 saturated carbocycles. The standard InChI is InChI=1S/C17H20N4O3/c22-16(18-19-17(23)15-7-4-12-24-15)13-20-8-10-21(11-9-20)14-5-2-1-3-6-14/h1-7,12H,8-11,13H2,(H,18,22)(H,19,23). The Hall–Kier alpha value is -2.80. The first-order valence-electron chi connectivity index (χ1n) is 7.87. The molecule has 2 N–H and O–H groups in total. The molecule has 24 heavy (non-hydrogen) atoms. The molecule has 1 fully saturated rings. The summed E-state index contributed by atoms with van der Waals surface area (Å²) in [4.78, 5) is 27.9. The molecule has 3 rings (SSSR count). The maximum Gasteiger partial charge on any atom is 0.305 e. The van der Waals surface area contributed by atoms with Gasteiger partial charge in [0.1, 0.15) is 0 Å². The van der Waals surface area contributed by atoms with Crippen LogP contribution in [0.1, 0.15) is 10.6 Å². The molecular formula is C17H20N4O3. The van der Waals surface area contributed by atoms with E-state index in [1.807, 2.05) is 18.2 Å². The Morgan fingerprint density at radius 1 is 0.958 bits per heavy atom. The zero-order valence-electron chi connectivity index (χ0n) is 13.3. The van der Waals surface area contributed by atoms with Crippen molar-refractivity contribution in [2.45, 2.75) is 0 Å². The average Bonchev–Trinajstić information content (AvgIpc) is 3.16. The van der Waals surface area contributed by atoms with E-state index in [1.165, 1.54) is 18.0 Å². The predicted octanol–water partition coefficient (Wildman–Crippen LogP) is 0.863. The van der Waals surface area contributed by atoms with E-state index in [0.29, 0.717) is 0 Å². The van der Waals surface area contributed by atoms with Crippen molar-refractivity contribution in [1.29, 1.82) is 0 Å². The fraction of sp³-hybridized carbons (Fsp3) is 0.294. The fourth-order valence-electron chi connectivity index (χ4n) is 2.64. The van der Waals surface area contributed by atoms with Gasteiger partial charge in [-0.1, -0.05) is 18.2 Å². The molecule has 7 heteroatoms. The number of carbonyl (C=O) groups is 2. The van der Waals surface area contributed by atoms with Crippen LogP contribution in [0.5, 0.6) is 0 Å². The third-order valence-electron chi connectivity index (χ3n) is 3.92. The van der Waals surface area contributed by atoms with Crippen molar-refractivity contribution in [3.8, 4) is 0 Å². The Bertz CT molecular complexity index is 664. The van der Waals surface area contributed by atoms with Crippen molar-refractivity contribution in [2.75, 3.05) is 37.6 Å². The van der Waals surface area contributed by atoms with Crippen molar-refractivity contribution < 1.29 is 14.0 Å². The number of hydrogen-bond acceptors (Lipinski definition) is 5. The van der Waals surface area contributed by atoms with E-state index in [-0.39, 0.29) is 18.2 Å². The van der Waals surface area contributed by atoms with Crippen LogP contribution in [0, 0.1) is 0 Å². The summed E-state index contributed by atoms with van der Waals surface area (Å²) in [5, 5.41) is 0. The van der Waals surface area contributed by atoms with Crippen molar-refractivity contribution in [2.24, 2.45) is 0 Å². The average molecular weight is 328 g/mol. The summed E-state index contributed by atoms with van der Waals surface area (Å²) in [5.74, 6) is -0.558. The maximum atomic E-state index is 11.9. The zero-order chi connectivity index (χ0) is 16.8. The second-order valence-electron chi connectivity index (χ2n) is 5.58. The minimum absolute atomic E-state index is 0.159.